The molecule has 0 spiro atoms. The summed E-state index contributed by atoms with van der Waals surface area (Å²) in [5.74, 6) is -0.992. The fourth-order valence-electron chi connectivity index (χ4n) is 2.05. The molecule has 0 aliphatic carbocycles. The maximum absolute atomic E-state index is 11.8. The maximum Gasteiger partial charge on any atom is 0.326 e. The molecule has 1 heterocycles. The monoisotopic (exact) mass is 229 g/mol. The number of likely N-dealkylation sites (tertiary alicyclic amines) is 1. The van der Waals surface area contributed by atoms with Crippen LogP contribution in [0.4, 0.5) is 0 Å². The van der Waals surface area contributed by atoms with Crippen LogP contribution >= 0.6 is 0 Å². The van der Waals surface area contributed by atoms with Gasteiger partial charge in [-0.2, -0.15) is 0 Å². The molecule has 92 valence electrons. The van der Waals surface area contributed by atoms with E-state index in [2.05, 4.69) is 0 Å². The van der Waals surface area contributed by atoms with Gasteiger partial charge in [-0.3, -0.25) is 4.79 Å². The molecule has 1 saturated heterocycles. The summed E-state index contributed by atoms with van der Waals surface area (Å²) in [4.78, 5) is 24.3. The zero-order valence-corrected chi connectivity index (χ0v) is 9.81. The highest BCUT2D eigenvalue weighted by atomic mass is 16.5. The third-order valence-electron chi connectivity index (χ3n) is 2.94. The molecule has 0 radical (unpaired) electrons. The van der Waals surface area contributed by atoms with Crippen molar-refractivity contribution in [1.82, 2.24) is 4.90 Å². The van der Waals surface area contributed by atoms with Gasteiger partial charge in [-0.25, -0.2) is 4.79 Å². The number of rotatable bonds is 5. The average molecular weight is 229 g/mol. The van der Waals surface area contributed by atoms with Crippen LogP contribution in [0.3, 0.4) is 0 Å². The number of hydrogen-bond donors (Lipinski definition) is 1. The predicted octanol–water partition coefficient (Wildman–Crippen LogP) is 0.735. The number of carboxylic acid groups (broad SMARTS) is 1. The van der Waals surface area contributed by atoms with Gasteiger partial charge < -0.3 is 14.7 Å². The van der Waals surface area contributed by atoms with Gasteiger partial charge in [0.2, 0.25) is 5.91 Å². The van der Waals surface area contributed by atoms with E-state index in [9.17, 15) is 9.59 Å². The maximum atomic E-state index is 11.8. The smallest absolute Gasteiger partial charge is 0.326 e. The van der Waals surface area contributed by atoms with E-state index in [1.165, 1.54) is 4.90 Å². The van der Waals surface area contributed by atoms with E-state index in [0.717, 1.165) is 6.42 Å². The van der Waals surface area contributed by atoms with E-state index in [4.69, 9.17) is 9.84 Å². The van der Waals surface area contributed by atoms with Crippen molar-refractivity contribution in [2.75, 3.05) is 19.8 Å². The largest absolute Gasteiger partial charge is 0.480 e. The zero-order chi connectivity index (χ0) is 12.1. The first-order valence-electron chi connectivity index (χ1n) is 5.68. The van der Waals surface area contributed by atoms with E-state index >= 15 is 0 Å². The molecule has 5 heteroatoms. The molecule has 1 N–H and O–H groups in total. The Labute approximate surface area is 95.4 Å². The van der Waals surface area contributed by atoms with Gasteiger partial charge in [-0.05, 0) is 19.3 Å². The van der Waals surface area contributed by atoms with E-state index in [0.29, 0.717) is 19.8 Å². The molecule has 1 aliphatic heterocycles. The molecule has 0 aromatic rings. The van der Waals surface area contributed by atoms with E-state index in [-0.39, 0.29) is 18.2 Å². The van der Waals surface area contributed by atoms with Crippen LogP contribution in [0.15, 0.2) is 0 Å². The third kappa shape index (κ3) is 2.95. The molecule has 0 aromatic carbocycles. The molecule has 2 unspecified atom stereocenters. The van der Waals surface area contributed by atoms with Crippen molar-refractivity contribution in [1.29, 1.82) is 0 Å². The first-order valence-corrected chi connectivity index (χ1v) is 5.68. The van der Waals surface area contributed by atoms with Gasteiger partial charge >= 0.3 is 5.97 Å². The fourth-order valence-corrected chi connectivity index (χ4v) is 2.05. The minimum Gasteiger partial charge on any atom is -0.480 e. The van der Waals surface area contributed by atoms with Crippen LogP contribution in [0.2, 0.25) is 0 Å². The van der Waals surface area contributed by atoms with Crippen LogP contribution < -0.4 is 0 Å². The Morgan fingerprint density at radius 1 is 1.50 bits per heavy atom. The van der Waals surface area contributed by atoms with Crippen molar-refractivity contribution in [2.24, 2.45) is 5.92 Å². The Kier molecular flexibility index (Phi) is 4.73. The number of carbonyl (C=O) groups is 2. The van der Waals surface area contributed by atoms with Crippen molar-refractivity contribution in [3.05, 3.63) is 0 Å². The summed E-state index contributed by atoms with van der Waals surface area (Å²) in [5.41, 5.74) is 0. The molecule has 1 fully saturated rings. The molecule has 0 bridgehead atoms. The molecule has 1 amide bonds. The van der Waals surface area contributed by atoms with Gasteiger partial charge in [-0.1, -0.05) is 6.92 Å². The van der Waals surface area contributed by atoms with Crippen LogP contribution in [0.1, 0.15) is 26.7 Å². The summed E-state index contributed by atoms with van der Waals surface area (Å²) in [6.07, 6.45) is 1.03. The number of nitrogens with zero attached hydrogens (tertiary/aromatic N) is 1. The summed E-state index contributed by atoms with van der Waals surface area (Å²) in [6, 6.07) is -0.658. The summed E-state index contributed by atoms with van der Waals surface area (Å²) < 4.78 is 5.09. The SMILES string of the molecule is CCOCCC(=O)N1CCC(C)C1C(=O)O. The van der Waals surface area contributed by atoms with E-state index in [1.807, 2.05) is 13.8 Å². The lowest BCUT2D eigenvalue weighted by atomic mass is 10.0. The minimum absolute atomic E-state index is 0.0357. The van der Waals surface area contributed by atoms with E-state index in [1.54, 1.807) is 0 Å². The second-order valence-corrected chi connectivity index (χ2v) is 4.08. The van der Waals surface area contributed by atoms with Crippen molar-refractivity contribution in [3.63, 3.8) is 0 Å². The van der Waals surface area contributed by atoms with Gasteiger partial charge in [-0.15, -0.1) is 0 Å². The molecular weight excluding hydrogens is 210 g/mol. The number of carbonyl (C=O) groups excluding carboxylic acids is 1. The average Bonchev–Trinajstić information content (AvgIpc) is 2.60. The first-order chi connectivity index (χ1) is 7.57. The Morgan fingerprint density at radius 2 is 2.19 bits per heavy atom. The highest BCUT2D eigenvalue weighted by Gasteiger charge is 2.38. The molecule has 1 aliphatic rings. The highest BCUT2D eigenvalue weighted by molar-refractivity contribution is 5.84. The van der Waals surface area contributed by atoms with Gasteiger partial charge in [0.1, 0.15) is 6.04 Å². The number of ether oxygens (including phenoxy) is 1. The quantitative estimate of drug-likeness (QED) is 0.706. The molecule has 16 heavy (non-hydrogen) atoms. The molecule has 0 saturated carbocycles. The summed E-state index contributed by atoms with van der Waals surface area (Å²) in [6.45, 7) is 5.22. The van der Waals surface area contributed by atoms with Crippen LogP contribution in [0, 0.1) is 5.92 Å². The number of amides is 1. The van der Waals surface area contributed by atoms with Gasteiger partial charge in [0.05, 0.1) is 13.0 Å². The second kappa shape index (κ2) is 5.84. The Morgan fingerprint density at radius 3 is 2.75 bits per heavy atom. The second-order valence-electron chi connectivity index (χ2n) is 4.08. The summed E-state index contributed by atoms with van der Waals surface area (Å²) in [5, 5.41) is 9.05. The number of carboxylic acids is 1. The lowest BCUT2D eigenvalue weighted by molar-refractivity contribution is -0.149. The predicted molar refractivity (Wildman–Crippen MR) is 58.0 cm³/mol. The van der Waals surface area contributed by atoms with Crippen LogP contribution in [0.5, 0.6) is 0 Å². The number of aliphatic carboxylic acids is 1. The molecule has 0 aromatic heterocycles. The minimum atomic E-state index is -0.908. The topological polar surface area (TPSA) is 66.8 Å². The third-order valence-corrected chi connectivity index (χ3v) is 2.94. The first kappa shape index (κ1) is 13.0. The Balaban J connectivity index is 2.51. The fraction of sp³-hybridized carbons (Fsp3) is 0.818. The molecule has 2 atom stereocenters. The van der Waals surface area contributed by atoms with Crippen molar-refractivity contribution < 1.29 is 19.4 Å². The molecular formula is C11H19NO4. The van der Waals surface area contributed by atoms with Crippen LogP contribution in [-0.4, -0.2) is 47.7 Å². The van der Waals surface area contributed by atoms with Gasteiger partial charge in [0, 0.05) is 13.2 Å². The standard InChI is InChI=1S/C11H19NO4/c1-3-16-7-5-9(13)12-6-4-8(2)10(12)11(14)15/h8,10H,3-7H2,1-2H3,(H,14,15). The van der Waals surface area contributed by atoms with Crippen molar-refractivity contribution >= 4 is 11.9 Å². The molecule has 5 nitrogen and oxygen atoms in total. The Hall–Kier alpha value is -1.10. The van der Waals surface area contributed by atoms with E-state index < -0.39 is 12.0 Å². The molecule has 1 rings (SSSR count). The Bertz CT molecular complexity index is 267. The van der Waals surface area contributed by atoms with Crippen molar-refractivity contribution in [2.45, 2.75) is 32.7 Å². The van der Waals surface area contributed by atoms with Gasteiger partial charge in [0.25, 0.3) is 0 Å². The zero-order valence-electron chi connectivity index (χ0n) is 9.81. The summed E-state index contributed by atoms with van der Waals surface area (Å²) >= 11 is 0. The normalized spacial score (nSPS) is 24.8. The number of hydrogen-bond acceptors (Lipinski definition) is 3. The lowest BCUT2D eigenvalue weighted by Gasteiger charge is -2.23. The lowest BCUT2D eigenvalue weighted by Crippen LogP contribution is -2.43. The van der Waals surface area contributed by atoms with Gasteiger partial charge in [0.15, 0.2) is 0 Å². The van der Waals surface area contributed by atoms with Crippen molar-refractivity contribution in [3.8, 4) is 0 Å². The highest BCUT2D eigenvalue weighted by Crippen LogP contribution is 2.24. The summed E-state index contributed by atoms with van der Waals surface area (Å²) in [7, 11) is 0. The van der Waals surface area contributed by atoms with Crippen LogP contribution in [0.25, 0.3) is 0 Å². The van der Waals surface area contributed by atoms with Crippen LogP contribution in [-0.2, 0) is 14.3 Å².